The summed E-state index contributed by atoms with van der Waals surface area (Å²) in [6, 6.07) is 20.1. The van der Waals surface area contributed by atoms with Crippen molar-refractivity contribution in [3.63, 3.8) is 0 Å². The summed E-state index contributed by atoms with van der Waals surface area (Å²) in [6.45, 7) is 5.85. The van der Waals surface area contributed by atoms with Crippen LogP contribution in [0.3, 0.4) is 0 Å². The first kappa shape index (κ1) is 17.2. The number of hydrogen-bond acceptors (Lipinski definition) is 2. The van der Waals surface area contributed by atoms with Crippen LogP contribution in [0.15, 0.2) is 72.3 Å². The van der Waals surface area contributed by atoms with Gasteiger partial charge in [0.1, 0.15) is 6.29 Å². The summed E-state index contributed by atoms with van der Waals surface area (Å²) < 4.78 is 0. The number of carbonyl (C=O) groups excluding carboxylic acids is 1. The third kappa shape index (κ3) is 5.50. The molecule has 0 spiro atoms. The fraction of sp³-hybridized carbons (Fsp3) is 0.286. The summed E-state index contributed by atoms with van der Waals surface area (Å²) in [5.41, 5.74) is 3.59. The summed E-state index contributed by atoms with van der Waals surface area (Å²) in [6.07, 6.45) is 4.23. The quantitative estimate of drug-likeness (QED) is 0.516. The molecule has 0 N–H and O–H groups in total. The Labute approximate surface area is 139 Å². The third-order valence-electron chi connectivity index (χ3n) is 3.86. The van der Waals surface area contributed by atoms with Gasteiger partial charge >= 0.3 is 0 Å². The zero-order valence-corrected chi connectivity index (χ0v) is 14.0. The number of aldehydes is 1. The van der Waals surface area contributed by atoms with Gasteiger partial charge in [0, 0.05) is 13.1 Å². The zero-order valence-electron chi connectivity index (χ0n) is 14.0. The van der Waals surface area contributed by atoms with Gasteiger partial charge < -0.3 is 4.79 Å². The second-order valence-corrected chi connectivity index (χ2v) is 6.02. The highest BCUT2D eigenvalue weighted by Crippen LogP contribution is 2.21. The molecule has 0 bridgehead atoms. The smallest absolute Gasteiger partial charge is 0.141 e. The van der Waals surface area contributed by atoms with Crippen molar-refractivity contribution in [2.24, 2.45) is 0 Å². The lowest BCUT2D eigenvalue weighted by molar-refractivity contribution is -0.112. The Bertz CT molecular complexity index is 615. The van der Waals surface area contributed by atoms with E-state index in [0.717, 1.165) is 31.4 Å². The topological polar surface area (TPSA) is 20.3 Å². The number of carbonyl (C=O) groups is 1. The molecule has 0 aliphatic heterocycles. The molecule has 0 aliphatic rings. The lowest BCUT2D eigenvalue weighted by Gasteiger charge is -2.28. The number of allylic oxidation sites excluding steroid dienone is 1. The Kier molecular flexibility index (Phi) is 6.76. The van der Waals surface area contributed by atoms with Crippen LogP contribution in [0.5, 0.6) is 0 Å². The molecule has 0 fully saturated rings. The number of hydrogen-bond donors (Lipinski definition) is 0. The molecule has 120 valence electrons. The lowest BCUT2D eigenvalue weighted by Crippen LogP contribution is -2.30. The van der Waals surface area contributed by atoms with Crippen LogP contribution in [0, 0.1) is 0 Å². The fourth-order valence-electron chi connectivity index (χ4n) is 2.68. The van der Waals surface area contributed by atoms with Crippen molar-refractivity contribution in [1.82, 2.24) is 4.90 Å². The van der Waals surface area contributed by atoms with E-state index in [1.54, 1.807) is 0 Å². The maximum Gasteiger partial charge on any atom is 0.141 e. The van der Waals surface area contributed by atoms with Gasteiger partial charge in [0.15, 0.2) is 0 Å². The summed E-state index contributed by atoms with van der Waals surface area (Å²) in [5, 5.41) is 0. The molecule has 0 saturated carbocycles. The van der Waals surface area contributed by atoms with Gasteiger partial charge in [-0.05, 0) is 31.4 Å². The summed E-state index contributed by atoms with van der Waals surface area (Å²) in [4.78, 5) is 14.0. The van der Waals surface area contributed by atoms with E-state index in [9.17, 15) is 4.79 Å². The van der Waals surface area contributed by atoms with E-state index in [2.05, 4.69) is 37.0 Å². The van der Waals surface area contributed by atoms with Crippen molar-refractivity contribution < 1.29 is 4.79 Å². The van der Waals surface area contributed by atoms with E-state index in [-0.39, 0.29) is 6.04 Å². The predicted molar refractivity (Wildman–Crippen MR) is 96.1 cm³/mol. The maximum absolute atomic E-state index is 11.8. The number of benzene rings is 2. The van der Waals surface area contributed by atoms with Crippen LogP contribution in [0.25, 0.3) is 0 Å². The van der Waals surface area contributed by atoms with Crippen molar-refractivity contribution in [2.45, 2.75) is 32.9 Å². The van der Waals surface area contributed by atoms with Crippen LogP contribution in [-0.2, 0) is 11.3 Å². The third-order valence-corrected chi connectivity index (χ3v) is 3.86. The van der Waals surface area contributed by atoms with E-state index in [1.807, 2.05) is 48.5 Å². The minimum absolute atomic E-state index is 0.207. The molecule has 2 nitrogen and oxygen atoms in total. The standard InChI is InChI=1S/C21H25NO/c1-18(2)10-9-15-22(16-19-11-5-3-6-12-19)21(17-23)20-13-7-4-8-14-20/h3-8,10-14,17,21H,9,15-16H2,1-2H3/t21-/m1/s1. The second-order valence-electron chi connectivity index (χ2n) is 6.02. The number of rotatable bonds is 8. The van der Waals surface area contributed by atoms with Gasteiger partial charge in [-0.25, -0.2) is 0 Å². The molecular formula is C21H25NO. The molecule has 0 unspecified atom stereocenters. The van der Waals surface area contributed by atoms with Crippen molar-refractivity contribution >= 4 is 6.29 Å². The van der Waals surface area contributed by atoms with Crippen LogP contribution in [0.1, 0.15) is 37.4 Å². The maximum atomic E-state index is 11.8. The van der Waals surface area contributed by atoms with Gasteiger partial charge in [0.25, 0.3) is 0 Å². The van der Waals surface area contributed by atoms with Crippen LogP contribution in [0.2, 0.25) is 0 Å². The van der Waals surface area contributed by atoms with Crippen LogP contribution < -0.4 is 0 Å². The largest absolute Gasteiger partial charge is 0.301 e. The van der Waals surface area contributed by atoms with Crippen molar-refractivity contribution in [3.8, 4) is 0 Å². The van der Waals surface area contributed by atoms with Crippen LogP contribution in [-0.4, -0.2) is 17.7 Å². The van der Waals surface area contributed by atoms with Crippen molar-refractivity contribution in [3.05, 3.63) is 83.4 Å². The fourth-order valence-corrected chi connectivity index (χ4v) is 2.68. The molecule has 2 heteroatoms. The van der Waals surface area contributed by atoms with Gasteiger partial charge in [-0.2, -0.15) is 0 Å². The van der Waals surface area contributed by atoms with E-state index < -0.39 is 0 Å². The molecule has 0 amide bonds. The zero-order chi connectivity index (χ0) is 16.5. The van der Waals surface area contributed by atoms with E-state index in [1.165, 1.54) is 11.1 Å². The van der Waals surface area contributed by atoms with Crippen LogP contribution in [0.4, 0.5) is 0 Å². The van der Waals surface area contributed by atoms with E-state index >= 15 is 0 Å². The molecule has 23 heavy (non-hydrogen) atoms. The molecule has 0 radical (unpaired) electrons. The van der Waals surface area contributed by atoms with Crippen LogP contribution >= 0.6 is 0 Å². The van der Waals surface area contributed by atoms with Gasteiger partial charge in [0.05, 0.1) is 6.04 Å². The molecule has 0 aromatic heterocycles. The van der Waals surface area contributed by atoms with Gasteiger partial charge in [-0.1, -0.05) is 72.3 Å². The predicted octanol–water partition coefficient (Wildman–Crippen LogP) is 4.79. The second kappa shape index (κ2) is 9.06. The highest BCUT2D eigenvalue weighted by atomic mass is 16.1. The highest BCUT2D eigenvalue weighted by Gasteiger charge is 2.19. The summed E-state index contributed by atoms with van der Waals surface area (Å²) >= 11 is 0. The van der Waals surface area contributed by atoms with Gasteiger partial charge in [0.2, 0.25) is 0 Å². The Hall–Kier alpha value is -2.19. The average Bonchev–Trinajstić information content (AvgIpc) is 2.57. The molecule has 0 heterocycles. The summed E-state index contributed by atoms with van der Waals surface area (Å²) in [7, 11) is 0. The SMILES string of the molecule is CC(C)=CCCN(Cc1ccccc1)[C@H](C=O)c1ccccc1. The molecule has 2 rings (SSSR count). The van der Waals surface area contributed by atoms with Crippen molar-refractivity contribution in [1.29, 1.82) is 0 Å². The minimum atomic E-state index is -0.207. The van der Waals surface area contributed by atoms with E-state index in [0.29, 0.717) is 0 Å². The summed E-state index contributed by atoms with van der Waals surface area (Å²) in [5.74, 6) is 0. The Morgan fingerprint density at radius 1 is 1.00 bits per heavy atom. The molecular weight excluding hydrogens is 282 g/mol. The van der Waals surface area contributed by atoms with E-state index in [4.69, 9.17) is 0 Å². The first-order valence-electron chi connectivity index (χ1n) is 8.12. The van der Waals surface area contributed by atoms with Gasteiger partial charge in [-0.15, -0.1) is 0 Å². The molecule has 0 aliphatic carbocycles. The molecule has 2 aromatic carbocycles. The Morgan fingerprint density at radius 3 is 2.17 bits per heavy atom. The minimum Gasteiger partial charge on any atom is -0.301 e. The average molecular weight is 307 g/mol. The monoisotopic (exact) mass is 307 g/mol. The molecule has 2 aromatic rings. The molecule has 0 saturated heterocycles. The normalized spacial score (nSPS) is 12.0. The Morgan fingerprint density at radius 2 is 1.61 bits per heavy atom. The van der Waals surface area contributed by atoms with Gasteiger partial charge in [-0.3, -0.25) is 4.90 Å². The Balaban J connectivity index is 2.20. The highest BCUT2D eigenvalue weighted by molar-refractivity contribution is 5.61. The first-order valence-corrected chi connectivity index (χ1v) is 8.12. The number of nitrogens with zero attached hydrogens (tertiary/aromatic N) is 1. The lowest BCUT2D eigenvalue weighted by atomic mass is 10.0. The molecule has 1 atom stereocenters. The first-order chi connectivity index (χ1) is 11.2. The van der Waals surface area contributed by atoms with Crippen molar-refractivity contribution in [2.75, 3.05) is 6.54 Å².